The van der Waals surface area contributed by atoms with Crippen LogP contribution in [0.1, 0.15) is 47.0 Å². The largest absolute Gasteiger partial charge is 0.395 e. The van der Waals surface area contributed by atoms with Crippen molar-refractivity contribution in [1.29, 1.82) is 0 Å². The van der Waals surface area contributed by atoms with Gasteiger partial charge in [0.15, 0.2) is 5.78 Å². The average molecular weight is 269 g/mol. The van der Waals surface area contributed by atoms with Crippen LogP contribution in [0.15, 0.2) is 0 Å². The Morgan fingerprint density at radius 2 is 1.95 bits per heavy atom. The first kappa shape index (κ1) is 14.9. The molecule has 2 rings (SSSR count). The molecule has 0 spiro atoms. The summed E-state index contributed by atoms with van der Waals surface area (Å²) in [7, 11) is 0. The lowest BCUT2D eigenvalue weighted by atomic mass is 9.83. The summed E-state index contributed by atoms with van der Waals surface area (Å²) in [5.41, 5.74) is -1.10. The molecule has 1 N–H and O–H groups in total. The lowest BCUT2D eigenvalue weighted by Crippen LogP contribution is -2.48. The third-order valence-electron chi connectivity index (χ3n) is 4.66. The van der Waals surface area contributed by atoms with Crippen LogP contribution < -0.4 is 0 Å². The smallest absolute Gasteiger partial charge is 0.171 e. The van der Waals surface area contributed by atoms with Crippen molar-refractivity contribution < 1.29 is 14.6 Å². The van der Waals surface area contributed by atoms with Gasteiger partial charge < -0.3 is 9.84 Å². The van der Waals surface area contributed by atoms with Gasteiger partial charge >= 0.3 is 0 Å². The maximum absolute atomic E-state index is 12.5. The fourth-order valence-corrected chi connectivity index (χ4v) is 3.35. The van der Waals surface area contributed by atoms with Crippen molar-refractivity contribution in [3.63, 3.8) is 0 Å². The number of Topliss-reactive ketones (excluding diaryl/α,β-unsaturated/α-hetero) is 1. The van der Waals surface area contributed by atoms with Gasteiger partial charge in [-0.3, -0.25) is 9.69 Å². The Hall–Kier alpha value is -0.450. The van der Waals surface area contributed by atoms with E-state index in [0.29, 0.717) is 19.1 Å². The molecule has 19 heavy (non-hydrogen) atoms. The van der Waals surface area contributed by atoms with Crippen LogP contribution in [-0.4, -0.2) is 52.7 Å². The molecule has 1 atom stereocenters. The summed E-state index contributed by atoms with van der Waals surface area (Å²) in [6, 6.07) is 0.541. The van der Waals surface area contributed by atoms with Gasteiger partial charge in [0.25, 0.3) is 0 Å². The third kappa shape index (κ3) is 2.86. The van der Waals surface area contributed by atoms with Gasteiger partial charge in [-0.15, -0.1) is 0 Å². The van der Waals surface area contributed by atoms with Crippen molar-refractivity contribution in [3.8, 4) is 0 Å². The molecule has 1 aliphatic heterocycles. The normalized spacial score (nSPS) is 29.8. The third-order valence-corrected chi connectivity index (χ3v) is 4.66. The van der Waals surface area contributed by atoms with E-state index in [0.717, 1.165) is 0 Å². The summed E-state index contributed by atoms with van der Waals surface area (Å²) in [4.78, 5) is 14.8. The number of aliphatic hydroxyl groups excluding tert-OH is 1. The lowest BCUT2D eigenvalue weighted by Gasteiger charge is -2.40. The predicted molar refractivity (Wildman–Crippen MR) is 74.0 cm³/mol. The SMILES string of the molecule is CC1(C)OC(C)(C)C(CN(CCO)C2CCC2)C1=O. The van der Waals surface area contributed by atoms with Crippen LogP contribution in [0.4, 0.5) is 0 Å². The van der Waals surface area contributed by atoms with Crippen LogP contribution in [0.25, 0.3) is 0 Å². The van der Waals surface area contributed by atoms with Crippen LogP contribution >= 0.6 is 0 Å². The van der Waals surface area contributed by atoms with Crippen LogP contribution in [0, 0.1) is 5.92 Å². The number of rotatable bonds is 5. The first-order valence-corrected chi connectivity index (χ1v) is 7.37. The molecule has 0 amide bonds. The van der Waals surface area contributed by atoms with E-state index in [9.17, 15) is 9.90 Å². The summed E-state index contributed by atoms with van der Waals surface area (Å²) in [6.45, 7) is 9.24. The molecule has 1 saturated heterocycles. The highest BCUT2D eigenvalue weighted by molar-refractivity contribution is 5.91. The van der Waals surface area contributed by atoms with Gasteiger partial charge in [-0.1, -0.05) is 6.42 Å². The first-order chi connectivity index (χ1) is 8.78. The average Bonchev–Trinajstić information content (AvgIpc) is 2.34. The molecule has 0 aromatic rings. The number of carbonyl (C=O) groups is 1. The zero-order chi connectivity index (χ0) is 14.3. The highest BCUT2D eigenvalue weighted by Crippen LogP contribution is 2.40. The minimum atomic E-state index is -0.682. The first-order valence-electron chi connectivity index (χ1n) is 7.37. The number of ketones is 1. The van der Waals surface area contributed by atoms with E-state index in [1.807, 2.05) is 27.7 Å². The van der Waals surface area contributed by atoms with Gasteiger partial charge in [0, 0.05) is 19.1 Å². The Bertz CT molecular complexity index is 347. The van der Waals surface area contributed by atoms with E-state index >= 15 is 0 Å². The van der Waals surface area contributed by atoms with E-state index in [4.69, 9.17) is 4.74 Å². The Morgan fingerprint density at radius 3 is 2.32 bits per heavy atom. The Balaban J connectivity index is 2.09. The predicted octanol–water partition coefficient (Wildman–Crippen LogP) is 1.61. The monoisotopic (exact) mass is 269 g/mol. The molecule has 2 fully saturated rings. The van der Waals surface area contributed by atoms with E-state index in [1.165, 1.54) is 19.3 Å². The molecule has 0 radical (unpaired) electrons. The van der Waals surface area contributed by atoms with Crippen molar-refractivity contribution >= 4 is 5.78 Å². The second-order valence-corrected chi connectivity index (χ2v) is 6.94. The number of hydrogen-bond donors (Lipinski definition) is 1. The van der Waals surface area contributed by atoms with Gasteiger partial charge in [-0.2, -0.15) is 0 Å². The highest BCUT2D eigenvalue weighted by Gasteiger charge is 2.53. The van der Waals surface area contributed by atoms with Gasteiger partial charge in [0.05, 0.1) is 18.1 Å². The Kier molecular flexibility index (Phi) is 4.05. The van der Waals surface area contributed by atoms with Crippen molar-refractivity contribution in [2.24, 2.45) is 5.92 Å². The maximum atomic E-state index is 12.5. The summed E-state index contributed by atoms with van der Waals surface area (Å²) in [6.07, 6.45) is 3.63. The molecule has 0 aromatic carbocycles. The molecule has 110 valence electrons. The fraction of sp³-hybridized carbons (Fsp3) is 0.933. The minimum Gasteiger partial charge on any atom is -0.395 e. The standard InChI is InChI=1S/C15H27NO3/c1-14(2)12(13(18)15(3,4)19-14)10-16(8-9-17)11-6-5-7-11/h11-12,17H,5-10H2,1-4H3. The van der Waals surface area contributed by atoms with Crippen molar-refractivity contribution in [1.82, 2.24) is 4.90 Å². The Labute approximate surface area is 116 Å². The van der Waals surface area contributed by atoms with Crippen LogP contribution in [-0.2, 0) is 9.53 Å². The summed E-state index contributed by atoms with van der Waals surface area (Å²) < 4.78 is 5.93. The van der Waals surface area contributed by atoms with E-state index in [-0.39, 0.29) is 18.3 Å². The van der Waals surface area contributed by atoms with Gasteiger partial charge in [-0.25, -0.2) is 0 Å². The molecule has 0 aromatic heterocycles. The zero-order valence-corrected chi connectivity index (χ0v) is 12.6. The number of hydrogen-bond acceptors (Lipinski definition) is 4. The fourth-order valence-electron chi connectivity index (χ4n) is 3.35. The number of ether oxygens (including phenoxy) is 1. The molecule has 1 unspecified atom stereocenters. The number of aliphatic hydroxyl groups is 1. The molecule has 1 aliphatic carbocycles. The maximum Gasteiger partial charge on any atom is 0.171 e. The molecule has 0 bridgehead atoms. The Morgan fingerprint density at radius 1 is 1.32 bits per heavy atom. The molecule has 1 heterocycles. The van der Waals surface area contributed by atoms with Crippen molar-refractivity contribution in [3.05, 3.63) is 0 Å². The van der Waals surface area contributed by atoms with Crippen LogP contribution in [0.5, 0.6) is 0 Å². The second kappa shape index (κ2) is 5.15. The van der Waals surface area contributed by atoms with E-state index < -0.39 is 11.2 Å². The number of carbonyl (C=O) groups excluding carboxylic acids is 1. The van der Waals surface area contributed by atoms with Gasteiger partial charge in [0.2, 0.25) is 0 Å². The van der Waals surface area contributed by atoms with E-state index in [2.05, 4.69) is 4.90 Å². The quantitative estimate of drug-likeness (QED) is 0.824. The second-order valence-electron chi connectivity index (χ2n) is 6.94. The highest BCUT2D eigenvalue weighted by atomic mass is 16.5. The van der Waals surface area contributed by atoms with Crippen LogP contribution in [0.2, 0.25) is 0 Å². The van der Waals surface area contributed by atoms with Crippen LogP contribution in [0.3, 0.4) is 0 Å². The molecular formula is C15H27NO3. The molecule has 4 heteroatoms. The minimum absolute atomic E-state index is 0.102. The molecule has 1 saturated carbocycles. The molecular weight excluding hydrogens is 242 g/mol. The van der Waals surface area contributed by atoms with Gasteiger partial charge in [0.1, 0.15) is 5.60 Å². The summed E-state index contributed by atoms with van der Waals surface area (Å²) in [5, 5.41) is 9.22. The van der Waals surface area contributed by atoms with E-state index in [1.54, 1.807) is 0 Å². The number of nitrogens with zero attached hydrogens (tertiary/aromatic N) is 1. The van der Waals surface area contributed by atoms with Gasteiger partial charge in [-0.05, 0) is 40.5 Å². The summed E-state index contributed by atoms with van der Waals surface area (Å²) in [5.74, 6) is 0.0920. The van der Waals surface area contributed by atoms with Crippen molar-refractivity contribution in [2.75, 3.05) is 19.7 Å². The molecule has 4 nitrogen and oxygen atoms in total. The lowest BCUT2D eigenvalue weighted by molar-refractivity contribution is -0.132. The molecule has 2 aliphatic rings. The van der Waals surface area contributed by atoms with Crippen molar-refractivity contribution in [2.45, 2.75) is 64.2 Å². The zero-order valence-electron chi connectivity index (χ0n) is 12.6. The topological polar surface area (TPSA) is 49.8 Å². The summed E-state index contributed by atoms with van der Waals surface area (Å²) >= 11 is 0.